The van der Waals surface area contributed by atoms with Crippen molar-refractivity contribution in [3.05, 3.63) is 52.5 Å². The number of hydrogen-bond acceptors (Lipinski definition) is 12. The monoisotopic (exact) mass is 972 g/mol. The van der Waals surface area contributed by atoms with Gasteiger partial charge in [0, 0.05) is 58.4 Å². The number of nitrogens with two attached hydrogens (primary N) is 1. The van der Waals surface area contributed by atoms with E-state index in [1.807, 2.05) is 112 Å². The molecule has 0 spiro atoms. The molecule has 3 rings (SSSR count). The van der Waals surface area contributed by atoms with E-state index in [4.69, 9.17) is 24.9 Å². The third-order valence-electron chi connectivity index (χ3n) is 13.3. The maximum atomic E-state index is 14.6. The molecule has 1 fully saturated rings. The van der Waals surface area contributed by atoms with Crippen LogP contribution in [0.2, 0.25) is 0 Å². The molecule has 0 bridgehead atoms. The van der Waals surface area contributed by atoms with E-state index in [0.29, 0.717) is 52.0 Å². The number of aromatic nitrogens is 1. The number of benzene rings is 1. The molecule has 1 unspecified atom stereocenters. The van der Waals surface area contributed by atoms with Crippen molar-refractivity contribution < 1.29 is 43.0 Å². The summed E-state index contributed by atoms with van der Waals surface area (Å²) in [6.45, 7) is 22.7. The topological polar surface area (TPSA) is 195 Å². The van der Waals surface area contributed by atoms with Crippen molar-refractivity contribution in [2.24, 2.45) is 41.4 Å². The summed E-state index contributed by atoms with van der Waals surface area (Å²) in [4.78, 5) is 84.5. The van der Waals surface area contributed by atoms with Crippen LogP contribution in [0.4, 0.5) is 4.79 Å². The van der Waals surface area contributed by atoms with E-state index >= 15 is 0 Å². The van der Waals surface area contributed by atoms with Gasteiger partial charge in [-0.15, -0.1) is 11.3 Å². The Morgan fingerprint density at radius 3 is 2.18 bits per heavy atom. The molecule has 5 amide bonds. The second kappa shape index (κ2) is 27.9. The van der Waals surface area contributed by atoms with Crippen LogP contribution < -0.4 is 16.5 Å². The van der Waals surface area contributed by atoms with Crippen LogP contribution in [0.25, 0.3) is 0 Å². The maximum absolute atomic E-state index is 14.6. The first-order valence-electron chi connectivity index (χ1n) is 24.6. The summed E-state index contributed by atoms with van der Waals surface area (Å²) in [6, 6.07) is 7.77. The number of likely N-dealkylation sites (N-methyl/N-ethyl adjacent to an activating group) is 2. The molecule has 1 aliphatic heterocycles. The highest BCUT2D eigenvalue weighted by atomic mass is 32.1. The van der Waals surface area contributed by atoms with Gasteiger partial charge in [-0.05, 0) is 75.7 Å². The molecular weight excluding hydrogens is 887 g/mol. The van der Waals surface area contributed by atoms with Gasteiger partial charge in [-0.25, -0.2) is 15.7 Å². The van der Waals surface area contributed by atoms with Gasteiger partial charge < -0.3 is 39.5 Å². The molecular formula is C51H85N7O9S. The lowest BCUT2D eigenvalue weighted by molar-refractivity contribution is -0.149. The molecule has 1 aliphatic rings. The van der Waals surface area contributed by atoms with E-state index in [1.165, 1.54) is 16.2 Å². The zero-order valence-corrected chi connectivity index (χ0v) is 44.3. The number of nitrogens with one attached hydrogen (secondary N) is 2. The largest absolute Gasteiger partial charge is 0.444 e. The van der Waals surface area contributed by atoms with Crippen molar-refractivity contribution in [1.29, 1.82) is 0 Å². The molecule has 2 heterocycles. The first-order valence-corrected chi connectivity index (χ1v) is 25.4. The number of hydrogen-bond donors (Lipinski definition) is 3. The lowest BCUT2D eigenvalue weighted by atomic mass is 9.81. The van der Waals surface area contributed by atoms with Gasteiger partial charge in [0.1, 0.15) is 22.8 Å². The Hall–Kier alpha value is -4.16. The van der Waals surface area contributed by atoms with Crippen LogP contribution in [0.5, 0.6) is 0 Å². The van der Waals surface area contributed by atoms with E-state index in [9.17, 15) is 24.0 Å². The van der Waals surface area contributed by atoms with E-state index in [0.717, 1.165) is 17.0 Å². The van der Waals surface area contributed by atoms with Crippen LogP contribution in [-0.4, -0.2) is 133 Å². The molecule has 384 valence electrons. The molecule has 0 radical (unpaired) electrons. The summed E-state index contributed by atoms with van der Waals surface area (Å²) >= 11 is 1.49. The standard InChI is InChI=1S/C51H85N7O9S/c1-15-34(6)44(57(13)49(62)43(33(4)5)55-47(61)42(32(2)3)35(7)23-27-65-28-26-56(12)50(63)66-51(9,10)11)40(67-52)31-41(59)58-25-19-22-39(58)45(64-14)36(8)46(60)54-38(48-53-24-29-68-48)30-37-20-17-16-18-21-37/h16-18,20-21,24,29,32-36,38-40,42-45H,15,19,22-23,25-28,30-31,52H2,1-14H3,(H,54,60)(H,55,61)/t34-,35?,36+,38-,39-,40+,42+,43-,44-,45+/m0/s1. The second-order valence-electron chi connectivity index (χ2n) is 20.4. The quantitative estimate of drug-likeness (QED) is 0.0615. The molecule has 0 saturated carbocycles. The third-order valence-corrected chi connectivity index (χ3v) is 14.2. The average molecular weight is 972 g/mol. The van der Waals surface area contributed by atoms with Crippen LogP contribution >= 0.6 is 11.3 Å². The molecule has 10 atom stereocenters. The fourth-order valence-electron chi connectivity index (χ4n) is 9.36. The fraction of sp³-hybridized carbons (Fsp3) is 0.725. The molecule has 0 aliphatic carbocycles. The summed E-state index contributed by atoms with van der Waals surface area (Å²) in [6.07, 6.45) is 2.96. The molecule has 1 saturated heterocycles. The highest BCUT2D eigenvalue weighted by molar-refractivity contribution is 7.09. The van der Waals surface area contributed by atoms with Crippen molar-refractivity contribution in [1.82, 2.24) is 30.3 Å². The highest BCUT2D eigenvalue weighted by Gasteiger charge is 2.44. The number of carbonyl (C=O) groups is 5. The van der Waals surface area contributed by atoms with E-state index < -0.39 is 47.8 Å². The van der Waals surface area contributed by atoms with E-state index in [1.54, 1.807) is 37.2 Å². The first-order chi connectivity index (χ1) is 32.1. The van der Waals surface area contributed by atoms with Crippen LogP contribution in [-0.2, 0) is 44.6 Å². The van der Waals surface area contributed by atoms with Gasteiger partial charge in [0.15, 0.2) is 0 Å². The van der Waals surface area contributed by atoms with Gasteiger partial charge >= 0.3 is 6.09 Å². The predicted molar refractivity (Wildman–Crippen MR) is 266 cm³/mol. The molecule has 1 aromatic carbocycles. The first kappa shape index (κ1) is 58.2. The Morgan fingerprint density at radius 1 is 0.941 bits per heavy atom. The van der Waals surface area contributed by atoms with Gasteiger partial charge in [-0.3, -0.25) is 24.0 Å². The maximum Gasteiger partial charge on any atom is 0.410 e. The Labute approximate surface area is 411 Å². The number of ether oxygens (including phenoxy) is 3. The Bertz CT molecular complexity index is 1850. The molecule has 4 N–H and O–H groups in total. The predicted octanol–water partition coefficient (Wildman–Crippen LogP) is 7.03. The number of carbonyl (C=O) groups excluding carboxylic acids is 5. The molecule has 68 heavy (non-hydrogen) atoms. The van der Waals surface area contributed by atoms with E-state index in [2.05, 4.69) is 15.6 Å². The lowest BCUT2D eigenvalue weighted by Gasteiger charge is -2.40. The van der Waals surface area contributed by atoms with Crippen molar-refractivity contribution in [3.63, 3.8) is 0 Å². The fourth-order valence-corrected chi connectivity index (χ4v) is 10.0. The van der Waals surface area contributed by atoms with E-state index in [-0.39, 0.29) is 65.8 Å². The molecule has 1 aromatic heterocycles. The molecule has 16 nitrogen and oxygen atoms in total. The normalized spacial score (nSPS) is 18.2. The van der Waals surface area contributed by atoms with Crippen LogP contribution in [0.1, 0.15) is 125 Å². The van der Waals surface area contributed by atoms with Gasteiger partial charge in [-0.1, -0.05) is 92.1 Å². The van der Waals surface area contributed by atoms with Crippen molar-refractivity contribution in [2.45, 2.75) is 157 Å². The highest BCUT2D eigenvalue weighted by Crippen LogP contribution is 2.31. The lowest BCUT2D eigenvalue weighted by Crippen LogP contribution is -2.59. The summed E-state index contributed by atoms with van der Waals surface area (Å²) in [5, 5.41) is 9.04. The average Bonchev–Trinajstić information content (AvgIpc) is 4.01. The minimum atomic E-state index is -0.873. The van der Waals surface area contributed by atoms with Gasteiger partial charge in [0.25, 0.3) is 0 Å². The second-order valence-corrected chi connectivity index (χ2v) is 21.3. The zero-order chi connectivity index (χ0) is 50.9. The summed E-state index contributed by atoms with van der Waals surface area (Å²) < 4.78 is 17.3. The zero-order valence-electron chi connectivity index (χ0n) is 43.5. The van der Waals surface area contributed by atoms with Crippen molar-refractivity contribution in [2.75, 3.05) is 47.5 Å². The van der Waals surface area contributed by atoms with Crippen LogP contribution in [0.15, 0.2) is 41.9 Å². The number of thiazole rings is 1. The number of likely N-dealkylation sites (tertiary alicyclic amines) is 1. The van der Waals surface area contributed by atoms with Gasteiger partial charge in [0.2, 0.25) is 23.6 Å². The minimum Gasteiger partial charge on any atom is -0.444 e. The molecule has 17 heteroatoms. The summed E-state index contributed by atoms with van der Waals surface area (Å²) in [7, 11) is 4.93. The summed E-state index contributed by atoms with van der Waals surface area (Å²) in [5.41, 5.74) is 0.483. The smallest absolute Gasteiger partial charge is 0.410 e. The third kappa shape index (κ3) is 17.1. The minimum absolute atomic E-state index is 0.0255. The number of amides is 5. The van der Waals surface area contributed by atoms with Gasteiger partial charge in [0.05, 0.1) is 43.2 Å². The summed E-state index contributed by atoms with van der Waals surface area (Å²) in [5.74, 6) is 3.62. The number of nitrogens with zero attached hydrogens (tertiary/aromatic N) is 4. The molecule has 2 aromatic rings. The van der Waals surface area contributed by atoms with Crippen molar-refractivity contribution >= 4 is 41.1 Å². The van der Waals surface area contributed by atoms with Gasteiger partial charge in [-0.2, -0.15) is 0 Å². The number of methoxy groups -OCH3 is 1. The Morgan fingerprint density at radius 2 is 1.62 bits per heavy atom. The SMILES string of the molecule is CC[C@H](C)[C@@H]([C@@H](CC(=O)N1CCC[C@H]1[C@H](OC)[C@@H](C)C(=O)N[C@@H](Cc1ccccc1)c1nccs1)ON)N(C)C(=O)[C@@H](NC(=O)[C@H](C(C)C)C(C)CCOCCN(C)C(=O)OC(C)(C)C)C(C)C. The van der Waals surface area contributed by atoms with Crippen LogP contribution in [0.3, 0.4) is 0 Å². The van der Waals surface area contributed by atoms with Crippen molar-refractivity contribution in [3.8, 4) is 0 Å². The Kier molecular flexibility index (Phi) is 23.8. The Balaban J connectivity index is 1.71. The van der Waals surface area contributed by atoms with Crippen LogP contribution in [0, 0.1) is 35.5 Å². The number of rotatable bonds is 27.